The maximum absolute atomic E-state index is 12.7. The topological polar surface area (TPSA) is 186 Å². The number of aromatic nitrogens is 4. The quantitative estimate of drug-likeness (QED) is 0.0748. The smallest absolute Gasteiger partial charge is 0.328 e. The minimum atomic E-state index is -0.339. The predicted octanol–water partition coefficient (Wildman–Crippen LogP) is 3.32. The van der Waals surface area contributed by atoms with Gasteiger partial charge >= 0.3 is 5.69 Å². The number of H-pyrrole nitrogens is 1. The number of hydrogen-bond donors (Lipinski definition) is 6. The number of rotatable bonds is 22. The van der Waals surface area contributed by atoms with Crippen molar-refractivity contribution in [2.45, 2.75) is 84.1 Å². The van der Waals surface area contributed by atoms with Crippen molar-refractivity contribution in [3.05, 3.63) is 45.9 Å². The molecule has 0 saturated heterocycles. The molecule has 0 saturated carbocycles. The minimum Gasteiger partial charge on any atom is -0.382 e. The summed E-state index contributed by atoms with van der Waals surface area (Å²) in [5.74, 6) is 0.367. The molecule has 1 amide bonds. The van der Waals surface area contributed by atoms with Crippen molar-refractivity contribution >= 4 is 34.6 Å². The summed E-state index contributed by atoms with van der Waals surface area (Å²) in [6.07, 6.45) is 10.4. The second-order valence-electron chi connectivity index (χ2n) is 10.9. The molecular formula is C31H49N9O3. The number of unbranched alkanes of at least 4 members (excludes halogenated alkanes) is 6. The second kappa shape index (κ2) is 18.7. The highest BCUT2D eigenvalue weighted by molar-refractivity contribution is 5.98. The first-order valence-electron chi connectivity index (χ1n) is 15.7. The number of nitrogens with zero attached hydrogens (tertiary/aromatic N) is 3. The Balaban J connectivity index is 1.38. The summed E-state index contributed by atoms with van der Waals surface area (Å²) < 4.78 is 1.50. The molecule has 3 aromatic rings. The zero-order chi connectivity index (χ0) is 30.9. The van der Waals surface area contributed by atoms with E-state index >= 15 is 0 Å². The Labute approximate surface area is 253 Å². The van der Waals surface area contributed by atoms with E-state index in [1.807, 2.05) is 0 Å². The monoisotopic (exact) mass is 595 g/mol. The van der Waals surface area contributed by atoms with E-state index in [2.05, 4.69) is 37.8 Å². The Kier molecular flexibility index (Phi) is 14.7. The number of anilines is 2. The molecule has 0 atom stereocenters. The number of aromatic amines is 1. The van der Waals surface area contributed by atoms with Gasteiger partial charge in [-0.1, -0.05) is 63.3 Å². The second-order valence-corrected chi connectivity index (χ2v) is 10.9. The van der Waals surface area contributed by atoms with Gasteiger partial charge in [-0.05, 0) is 50.9 Å². The van der Waals surface area contributed by atoms with Gasteiger partial charge in [0.1, 0.15) is 5.52 Å². The van der Waals surface area contributed by atoms with E-state index in [4.69, 9.17) is 11.5 Å². The summed E-state index contributed by atoms with van der Waals surface area (Å²) in [4.78, 5) is 49.0. The average molecular weight is 596 g/mol. The van der Waals surface area contributed by atoms with Gasteiger partial charge in [0.05, 0.1) is 6.54 Å². The Bertz CT molecular complexity index is 1330. The maximum atomic E-state index is 12.7. The molecule has 0 fully saturated rings. The van der Waals surface area contributed by atoms with Crippen LogP contribution in [0.1, 0.15) is 93.5 Å². The third-order valence-corrected chi connectivity index (χ3v) is 7.32. The molecular weight excluding hydrogens is 546 g/mol. The zero-order valence-corrected chi connectivity index (χ0v) is 25.6. The molecule has 3 rings (SSSR count). The molecule has 0 spiro atoms. The van der Waals surface area contributed by atoms with Crippen molar-refractivity contribution in [3.8, 4) is 0 Å². The number of ketones is 1. The molecule has 2 heterocycles. The van der Waals surface area contributed by atoms with Crippen LogP contribution < -0.4 is 33.1 Å². The molecule has 2 aromatic heterocycles. The number of nitrogens with one attached hydrogen (secondary N) is 4. The van der Waals surface area contributed by atoms with Crippen LogP contribution in [0.5, 0.6) is 0 Å². The number of fused-ring (bicyclic) bond motifs is 1. The van der Waals surface area contributed by atoms with Gasteiger partial charge in [-0.3, -0.25) is 14.2 Å². The van der Waals surface area contributed by atoms with Crippen LogP contribution in [0.3, 0.4) is 0 Å². The number of carbonyl (C=O) groups excluding carboxylic acids is 2. The Morgan fingerprint density at radius 3 is 2.35 bits per heavy atom. The maximum Gasteiger partial charge on any atom is 0.328 e. The first-order valence-corrected chi connectivity index (χ1v) is 15.7. The van der Waals surface area contributed by atoms with Crippen molar-refractivity contribution in [1.82, 2.24) is 30.2 Å². The molecule has 12 heteroatoms. The molecule has 0 radical (unpaired) electrons. The number of hydrogen-bond acceptors (Lipinski definition) is 9. The van der Waals surface area contributed by atoms with Crippen LogP contribution in [0.25, 0.3) is 11.2 Å². The Morgan fingerprint density at radius 1 is 0.884 bits per heavy atom. The van der Waals surface area contributed by atoms with E-state index in [1.165, 1.54) is 36.7 Å². The van der Waals surface area contributed by atoms with Gasteiger partial charge in [-0.25, -0.2) is 4.79 Å². The molecule has 0 aliphatic carbocycles. The lowest BCUT2D eigenvalue weighted by Crippen LogP contribution is -2.27. The normalized spacial score (nSPS) is 11.2. The summed E-state index contributed by atoms with van der Waals surface area (Å²) in [5.41, 5.74) is 13.4. The molecule has 0 bridgehead atoms. The number of imidazole rings is 1. The van der Waals surface area contributed by atoms with Crippen molar-refractivity contribution in [2.75, 3.05) is 43.8 Å². The summed E-state index contributed by atoms with van der Waals surface area (Å²) >= 11 is 0. The van der Waals surface area contributed by atoms with Crippen molar-refractivity contribution in [1.29, 1.82) is 0 Å². The van der Waals surface area contributed by atoms with E-state index < -0.39 is 0 Å². The van der Waals surface area contributed by atoms with Crippen molar-refractivity contribution < 1.29 is 9.59 Å². The number of benzene rings is 1. The highest BCUT2D eigenvalue weighted by Gasteiger charge is 2.15. The van der Waals surface area contributed by atoms with Gasteiger partial charge in [0.2, 0.25) is 11.9 Å². The highest BCUT2D eigenvalue weighted by Crippen LogP contribution is 2.18. The lowest BCUT2D eigenvalue weighted by molar-refractivity contribution is -0.121. The molecule has 0 aliphatic heterocycles. The largest absolute Gasteiger partial charge is 0.382 e. The fraction of sp³-hybridized carbons (Fsp3) is 0.581. The van der Waals surface area contributed by atoms with Gasteiger partial charge in [0.25, 0.3) is 0 Å². The summed E-state index contributed by atoms with van der Waals surface area (Å²) in [5, 5.41) is 9.46. The third kappa shape index (κ3) is 11.4. The molecule has 43 heavy (non-hydrogen) atoms. The van der Waals surface area contributed by atoms with Crippen molar-refractivity contribution in [2.24, 2.45) is 5.73 Å². The first-order chi connectivity index (χ1) is 20.9. The van der Waals surface area contributed by atoms with E-state index in [1.54, 1.807) is 24.3 Å². The molecule has 1 aromatic carbocycles. The number of Topliss-reactive ketones (excluding diaryl/α,β-unsaturated/α-hetero) is 1. The lowest BCUT2D eigenvalue weighted by atomic mass is 10.0. The standard InChI is InChI=1S/C31H49N9O3/c1-2-3-20-36-30-38-28(33)27-29(39-30)40(31(43)37-27)22-23-11-13-24(14-12-23)25(41)15-16-26(42)35-21-10-19-34-18-9-7-5-4-6-8-17-32/h11-14,34H,2-10,15-22,32H2,1H3,(H,35,42)(H,37,43)(H3,33,36,38,39). The van der Waals surface area contributed by atoms with Crippen LogP contribution in [0, 0.1) is 0 Å². The van der Waals surface area contributed by atoms with Crippen LogP contribution in [0.15, 0.2) is 29.1 Å². The van der Waals surface area contributed by atoms with E-state index in [0.717, 1.165) is 50.9 Å². The van der Waals surface area contributed by atoms with Gasteiger partial charge < -0.3 is 32.4 Å². The zero-order valence-electron chi connectivity index (χ0n) is 25.6. The SMILES string of the molecule is CCCCNc1nc(N)c2[nH]c(=O)n(Cc3ccc(C(=O)CCC(=O)NCCCNCCCCCCCCN)cc3)c2n1. The molecule has 8 N–H and O–H groups in total. The number of carbonyl (C=O) groups is 2. The van der Waals surface area contributed by atoms with E-state index in [0.29, 0.717) is 35.8 Å². The number of amides is 1. The predicted molar refractivity (Wildman–Crippen MR) is 172 cm³/mol. The van der Waals surface area contributed by atoms with E-state index in [9.17, 15) is 14.4 Å². The number of nitrogen functional groups attached to an aromatic ring is 1. The Morgan fingerprint density at radius 2 is 1.60 bits per heavy atom. The van der Waals surface area contributed by atoms with Gasteiger partial charge in [0.15, 0.2) is 17.2 Å². The minimum absolute atomic E-state index is 0.0982. The van der Waals surface area contributed by atoms with Crippen LogP contribution in [0.2, 0.25) is 0 Å². The lowest BCUT2D eigenvalue weighted by Gasteiger charge is -2.08. The van der Waals surface area contributed by atoms with Crippen LogP contribution >= 0.6 is 0 Å². The Hall–Kier alpha value is -3.77. The van der Waals surface area contributed by atoms with Gasteiger partial charge in [-0.15, -0.1) is 0 Å². The first kappa shape index (κ1) is 33.7. The molecule has 12 nitrogen and oxygen atoms in total. The van der Waals surface area contributed by atoms with Gasteiger partial charge in [-0.2, -0.15) is 9.97 Å². The summed E-state index contributed by atoms with van der Waals surface area (Å²) in [6, 6.07) is 7.06. The summed E-state index contributed by atoms with van der Waals surface area (Å²) in [6.45, 7) is 6.29. The third-order valence-electron chi connectivity index (χ3n) is 7.32. The molecule has 0 aliphatic rings. The van der Waals surface area contributed by atoms with Crippen molar-refractivity contribution in [3.63, 3.8) is 0 Å². The van der Waals surface area contributed by atoms with Gasteiger partial charge in [0, 0.05) is 31.5 Å². The van der Waals surface area contributed by atoms with Crippen LogP contribution in [-0.2, 0) is 11.3 Å². The van der Waals surface area contributed by atoms with Crippen LogP contribution in [-0.4, -0.2) is 63.9 Å². The number of nitrogens with two attached hydrogens (primary N) is 2. The summed E-state index contributed by atoms with van der Waals surface area (Å²) in [7, 11) is 0. The molecule has 0 unspecified atom stereocenters. The highest BCUT2D eigenvalue weighted by atomic mass is 16.2. The van der Waals surface area contributed by atoms with Crippen LogP contribution in [0.4, 0.5) is 11.8 Å². The van der Waals surface area contributed by atoms with E-state index in [-0.39, 0.29) is 42.6 Å². The fourth-order valence-corrected chi connectivity index (χ4v) is 4.76. The average Bonchev–Trinajstić information content (AvgIpc) is 3.32. The molecule has 236 valence electrons. The fourth-order valence-electron chi connectivity index (χ4n) is 4.76.